The van der Waals surface area contributed by atoms with E-state index >= 15 is 0 Å². The first-order chi connectivity index (χ1) is 11.5. The van der Waals surface area contributed by atoms with Crippen LogP contribution in [0.25, 0.3) is 11.3 Å². The minimum absolute atomic E-state index is 0.0404. The van der Waals surface area contributed by atoms with Crippen molar-refractivity contribution >= 4 is 29.1 Å². The van der Waals surface area contributed by atoms with Gasteiger partial charge in [-0.25, -0.2) is 13.6 Å². The molecule has 0 radical (unpaired) electrons. The van der Waals surface area contributed by atoms with E-state index in [1.165, 1.54) is 11.3 Å². The third-order valence-corrected chi connectivity index (χ3v) is 3.79. The summed E-state index contributed by atoms with van der Waals surface area (Å²) in [7, 11) is 0. The minimum Gasteiger partial charge on any atom is -0.477 e. The van der Waals surface area contributed by atoms with Gasteiger partial charge in [0.1, 0.15) is 17.3 Å². The van der Waals surface area contributed by atoms with E-state index in [2.05, 4.69) is 10.5 Å². The second kappa shape index (κ2) is 6.20. The van der Waals surface area contributed by atoms with Gasteiger partial charge >= 0.3 is 5.97 Å². The predicted molar refractivity (Wildman–Crippen MR) is 81.1 cm³/mol. The number of rotatable bonds is 4. The highest BCUT2D eigenvalue weighted by molar-refractivity contribution is 7.08. The van der Waals surface area contributed by atoms with Crippen LogP contribution < -0.4 is 5.32 Å². The number of aromatic carboxylic acids is 1. The first-order valence-electron chi connectivity index (χ1n) is 6.49. The number of carboxylic acid groups (broad SMARTS) is 1. The van der Waals surface area contributed by atoms with Gasteiger partial charge in [-0.15, -0.1) is 0 Å². The van der Waals surface area contributed by atoms with Crippen molar-refractivity contribution in [1.29, 1.82) is 0 Å². The zero-order valence-corrected chi connectivity index (χ0v) is 12.6. The molecule has 0 unspecified atom stereocenters. The van der Waals surface area contributed by atoms with Gasteiger partial charge in [0.05, 0.1) is 5.56 Å². The summed E-state index contributed by atoms with van der Waals surface area (Å²) in [5, 5.41) is 18.5. The molecule has 0 aliphatic carbocycles. The van der Waals surface area contributed by atoms with Crippen molar-refractivity contribution in [3.05, 3.63) is 57.8 Å². The number of nitrogens with zero attached hydrogens (tertiary/aromatic N) is 1. The maximum absolute atomic E-state index is 13.6. The molecule has 0 fully saturated rings. The molecule has 2 N–H and O–H groups in total. The highest BCUT2D eigenvalue weighted by Crippen LogP contribution is 2.30. The van der Waals surface area contributed by atoms with E-state index in [1.807, 2.05) is 0 Å². The number of anilines is 1. The molecule has 0 saturated carbocycles. The van der Waals surface area contributed by atoms with Crippen LogP contribution in [0.2, 0.25) is 0 Å². The molecular formula is C15H8F2N2O4S. The fourth-order valence-electron chi connectivity index (χ4n) is 2.01. The van der Waals surface area contributed by atoms with Crippen molar-refractivity contribution in [2.45, 2.75) is 0 Å². The molecule has 3 aromatic rings. The first kappa shape index (κ1) is 15.8. The maximum atomic E-state index is 13.6. The Labute approximate surface area is 137 Å². The monoisotopic (exact) mass is 350 g/mol. The van der Waals surface area contributed by atoms with Crippen LogP contribution in [0.15, 0.2) is 39.5 Å². The molecule has 0 bridgehead atoms. The van der Waals surface area contributed by atoms with Crippen LogP contribution >= 0.6 is 11.3 Å². The topological polar surface area (TPSA) is 92.4 Å². The molecule has 2 heterocycles. The molecule has 3 rings (SSSR count). The molecule has 9 heteroatoms. The lowest BCUT2D eigenvalue weighted by Gasteiger charge is -2.04. The number of carboxylic acids is 1. The lowest BCUT2D eigenvalue weighted by Crippen LogP contribution is -2.15. The van der Waals surface area contributed by atoms with Gasteiger partial charge in [0.25, 0.3) is 5.91 Å². The van der Waals surface area contributed by atoms with Crippen LogP contribution in [0.5, 0.6) is 0 Å². The van der Waals surface area contributed by atoms with Gasteiger partial charge in [-0.1, -0.05) is 5.16 Å². The molecule has 24 heavy (non-hydrogen) atoms. The van der Waals surface area contributed by atoms with Crippen LogP contribution in [0.4, 0.5) is 14.7 Å². The standard InChI is InChI=1S/C15H8F2N2O4S/c16-8-1-2-9(10(17)5-8)13(20)18-14-11(15(21)22)12(19-23-14)7-3-4-24-6-7/h1-6H,(H,18,20)(H,21,22). The highest BCUT2D eigenvalue weighted by atomic mass is 32.1. The maximum Gasteiger partial charge on any atom is 0.343 e. The van der Waals surface area contributed by atoms with E-state index in [0.29, 0.717) is 11.6 Å². The number of benzene rings is 1. The SMILES string of the molecule is O=C(Nc1onc(-c2ccsc2)c1C(=O)O)c1ccc(F)cc1F. The Kier molecular flexibility index (Phi) is 4.09. The second-order valence-corrected chi connectivity index (χ2v) is 5.41. The van der Waals surface area contributed by atoms with E-state index < -0.39 is 35.0 Å². The third kappa shape index (κ3) is 2.88. The van der Waals surface area contributed by atoms with Gasteiger partial charge in [0, 0.05) is 17.0 Å². The lowest BCUT2D eigenvalue weighted by atomic mass is 10.1. The van der Waals surface area contributed by atoms with Crippen molar-refractivity contribution in [2.75, 3.05) is 5.32 Å². The third-order valence-electron chi connectivity index (χ3n) is 3.10. The summed E-state index contributed by atoms with van der Waals surface area (Å²) >= 11 is 1.33. The van der Waals surface area contributed by atoms with Crippen molar-refractivity contribution in [3.63, 3.8) is 0 Å². The molecule has 0 spiro atoms. The zero-order chi connectivity index (χ0) is 17.3. The smallest absolute Gasteiger partial charge is 0.343 e. The Hall–Kier alpha value is -3.07. The summed E-state index contributed by atoms with van der Waals surface area (Å²) in [4.78, 5) is 23.5. The molecule has 2 aromatic heterocycles. The summed E-state index contributed by atoms with van der Waals surface area (Å²) < 4.78 is 31.4. The Morgan fingerprint density at radius 2 is 2.04 bits per heavy atom. The molecule has 6 nitrogen and oxygen atoms in total. The van der Waals surface area contributed by atoms with Crippen LogP contribution in [0.3, 0.4) is 0 Å². The molecule has 0 aliphatic heterocycles. The average Bonchev–Trinajstić information content (AvgIpc) is 3.15. The van der Waals surface area contributed by atoms with Crippen molar-refractivity contribution in [3.8, 4) is 11.3 Å². The number of aromatic nitrogens is 1. The van der Waals surface area contributed by atoms with Crippen molar-refractivity contribution < 1.29 is 28.0 Å². The van der Waals surface area contributed by atoms with Gasteiger partial charge in [-0.3, -0.25) is 10.1 Å². The number of carbonyl (C=O) groups excluding carboxylic acids is 1. The number of thiophene rings is 1. The van der Waals surface area contributed by atoms with Crippen LogP contribution in [-0.2, 0) is 0 Å². The molecular weight excluding hydrogens is 342 g/mol. The Balaban J connectivity index is 1.95. The minimum atomic E-state index is -1.37. The van der Waals surface area contributed by atoms with Gasteiger partial charge in [0.15, 0.2) is 5.56 Å². The number of carbonyl (C=O) groups is 2. The van der Waals surface area contributed by atoms with Gasteiger partial charge in [0.2, 0.25) is 5.88 Å². The Morgan fingerprint density at radius 3 is 2.67 bits per heavy atom. The molecule has 1 amide bonds. The summed E-state index contributed by atoms with van der Waals surface area (Å²) in [5.41, 5.74) is -0.265. The van der Waals surface area contributed by atoms with E-state index in [0.717, 1.165) is 12.1 Å². The molecule has 1 aromatic carbocycles. The van der Waals surface area contributed by atoms with Crippen LogP contribution in [0, 0.1) is 11.6 Å². The number of halogens is 2. The highest BCUT2D eigenvalue weighted by Gasteiger charge is 2.26. The van der Waals surface area contributed by atoms with Crippen LogP contribution in [-0.4, -0.2) is 22.1 Å². The average molecular weight is 350 g/mol. The second-order valence-electron chi connectivity index (χ2n) is 4.63. The summed E-state index contributed by atoms with van der Waals surface area (Å²) in [6.45, 7) is 0. The largest absolute Gasteiger partial charge is 0.477 e. The number of hydrogen-bond donors (Lipinski definition) is 2. The number of amides is 1. The van der Waals surface area contributed by atoms with Gasteiger partial charge in [-0.2, -0.15) is 11.3 Å². The van der Waals surface area contributed by atoms with Crippen LogP contribution in [0.1, 0.15) is 20.7 Å². The van der Waals surface area contributed by atoms with E-state index in [1.54, 1.807) is 16.8 Å². The first-order valence-corrected chi connectivity index (χ1v) is 7.43. The number of nitrogens with one attached hydrogen (secondary N) is 1. The summed E-state index contributed by atoms with van der Waals surface area (Å²) in [6.07, 6.45) is 0. The fraction of sp³-hybridized carbons (Fsp3) is 0. The normalized spacial score (nSPS) is 10.6. The quantitative estimate of drug-likeness (QED) is 0.749. The van der Waals surface area contributed by atoms with Gasteiger partial charge in [-0.05, 0) is 23.6 Å². The fourth-order valence-corrected chi connectivity index (χ4v) is 2.65. The van der Waals surface area contributed by atoms with Crippen molar-refractivity contribution in [1.82, 2.24) is 5.16 Å². The molecule has 0 atom stereocenters. The van der Waals surface area contributed by atoms with E-state index in [9.17, 15) is 23.5 Å². The predicted octanol–water partition coefficient (Wildman–Crippen LogP) is 3.63. The molecule has 122 valence electrons. The van der Waals surface area contributed by atoms with E-state index in [-0.39, 0.29) is 11.3 Å². The van der Waals surface area contributed by atoms with Crippen molar-refractivity contribution in [2.24, 2.45) is 0 Å². The van der Waals surface area contributed by atoms with E-state index in [4.69, 9.17) is 4.52 Å². The molecule has 0 saturated heterocycles. The Bertz CT molecular complexity index is 922. The number of hydrogen-bond acceptors (Lipinski definition) is 5. The molecule has 0 aliphatic rings. The van der Waals surface area contributed by atoms with Gasteiger partial charge < -0.3 is 9.63 Å². The zero-order valence-electron chi connectivity index (χ0n) is 11.7. The lowest BCUT2D eigenvalue weighted by molar-refractivity contribution is 0.0698. The Morgan fingerprint density at radius 1 is 1.25 bits per heavy atom. The summed E-state index contributed by atoms with van der Waals surface area (Å²) in [5.74, 6) is -4.70. The summed E-state index contributed by atoms with van der Waals surface area (Å²) in [6, 6.07) is 4.04.